The van der Waals surface area contributed by atoms with Crippen LogP contribution in [0.4, 0.5) is 5.00 Å². The lowest BCUT2D eigenvalue weighted by Crippen LogP contribution is -2.16. The normalized spacial score (nSPS) is 10.8. The first-order valence-corrected chi connectivity index (χ1v) is 13.6. The number of hydrogen-bond donors (Lipinski definition) is 1. The number of ether oxygens (including phenoxy) is 2. The average Bonchev–Trinajstić information content (AvgIpc) is 3.50. The van der Waals surface area contributed by atoms with Crippen molar-refractivity contribution < 1.29 is 19.1 Å². The fourth-order valence-electron chi connectivity index (χ4n) is 3.70. The molecule has 1 amide bonds. The molecule has 37 heavy (non-hydrogen) atoms. The highest BCUT2D eigenvalue weighted by Crippen LogP contribution is 2.36. The Morgan fingerprint density at radius 3 is 2.54 bits per heavy atom. The molecule has 0 spiro atoms. The number of para-hydroxylation sites is 1. The third kappa shape index (κ3) is 6.20. The van der Waals surface area contributed by atoms with Crippen LogP contribution in [0, 0.1) is 13.8 Å². The molecule has 0 radical (unpaired) electrons. The maximum Gasteiger partial charge on any atom is 0.341 e. The molecule has 2 aromatic carbocycles. The molecule has 0 bridgehead atoms. The van der Waals surface area contributed by atoms with Crippen molar-refractivity contribution >= 4 is 40.0 Å². The van der Waals surface area contributed by atoms with Crippen molar-refractivity contribution in [2.24, 2.45) is 0 Å². The van der Waals surface area contributed by atoms with E-state index in [0.29, 0.717) is 28.1 Å². The molecule has 0 saturated carbocycles. The third-order valence-electron chi connectivity index (χ3n) is 5.69. The molecule has 10 heteroatoms. The Kier molecular flexibility index (Phi) is 8.62. The summed E-state index contributed by atoms with van der Waals surface area (Å²) < 4.78 is 12.9. The van der Waals surface area contributed by atoms with Gasteiger partial charge in [-0.2, -0.15) is 0 Å². The van der Waals surface area contributed by atoms with E-state index in [0.717, 1.165) is 28.0 Å². The molecule has 0 atom stereocenters. The Hall–Kier alpha value is -3.63. The van der Waals surface area contributed by atoms with E-state index in [1.807, 2.05) is 79.2 Å². The number of nitrogens with zero attached hydrogens (tertiary/aromatic N) is 3. The van der Waals surface area contributed by atoms with Crippen LogP contribution >= 0.6 is 23.1 Å². The van der Waals surface area contributed by atoms with Crippen LogP contribution in [0.1, 0.15) is 34.2 Å². The molecule has 0 aliphatic rings. The van der Waals surface area contributed by atoms with E-state index in [4.69, 9.17) is 9.47 Å². The molecule has 192 valence electrons. The number of esters is 1. The van der Waals surface area contributed by atoms with Crippen LogP contribution in [0.25, 0.3) is 11.1 Å². The van der Waals surface area contributed by atoms with Gasteiger partial charge in [0.2, 0.25) is 5.91 Å². The first-order chi connectivity index (χ1) is 17.9. The van der Waals surface area contributed by atoms with Gasteiger partial charge in [0.15, 0.2) is 11.0 Å². The summed E-state index contributed by atoms with van der Waals surface area (Å²) in [5.41, 5.74) is 4.12. The Labute approximate surface area is 224 Å². The van der Waals surface area contributed by atoms with Crippen molar-refractivity contribution in [1.82, 2.24) is 14.8 Å². The van der Waals surface area contributed by atoms with Gasteiger partial charge >= 0.3 is 5.97 Å². The topological polar surface area (TPSA) is 95.3 Å². The number of benzene rings is 2. The standard InChI is InChI=1S/C27H28N4O4S2/c1-5-31-22(14-35-21-9-7-6-8-18(21)3)29-30-27(31)37-16-23(32)28-25-24(26(33)34-4)20(15-36-25)19-12-10-17(2)11-13-19/h6-13,15H,5,14,16H2,1-4H3,(H,28,32). The number of hydrogen-bond acceptors (Lipinski definition) is 8. The average molecular weight is 537 g/mol. The first-order valence-electron chi connectivity index (χ1n) is 11.7. The second-order valence-electron chi connectivity index (χ2n) is 8.25. The summed E-state index contributed by atoms with van der Waals surface area (Å²) >= 11 is 2.57. The summed E-state index contributed by atoms with van der Waals surface area (Å²) in [7, 11) is 1.33. The van der Waals surface area contributed by atoms with Crippen LogP contribution in [-0.4, -0.2) is 39.5 Å². The minimum Gasteiger partial charge on any atom is -0.485 e. The fourth-order valence-corrected chi connectivity index (χ4v) is 5.50. The number of carbonyl (C=O) groups is 2. The van der Waals surface area contributed by atoms with Gasteiger partial charge in [0.05, 0.1) is 12.9 Å². The van der Waals surface area contributed by atoms with Crippen LogP contribution in [0.2, 0.25) is 0 Å². The third-order valence-corrected chi connectivity index (χ3v) is 7.55. The van der Waals surface area contributed by atoms with Gasteiger partial charge in [-0.25, -0.2) is 4.79 Å². The SMILES string of the molecule is CCn1c(COc2ccccc2C)nnc1SCC(=O)Nc1scc(-c2ccc(C)cc2)c1C(=O)OC. The highest BCUT2D eigenvalue weighted by atomic mass is 32.2. The molecule has 2 aromatic heterocycles. The van der Waals surface area contributed by atoms with E-state index in [9.17, 15) is 9.59 Å². The smallest absolute Gasteiger partial charge is 0.341 e. The molecular formula is C27H28N4O4S2. The second-order valence-corrected chi connectivity index (χ2v) is 10.1. The maximum atomic E-state index is 12.8. The molecule has 2 heterocycles. The zero-order chi connectivity index (χ0) is 26.4. The first kappa shape index (κ1) is 26.4. The predicted molar refractivity (Wildman–Crippen MR) is 146 cm³/mol. The lowest BCUT2D eigenvalue weighted by Gasteiger charge is -2.10. The summed E-state index contributed by atoms with van der Waals surface area (Å²) in [4.78, 5) is 25.4. The Balaban J connectivity index is 1.43. The predicted octanol–water partition coefficient (Wildman–Crippen LogP) is 5.74. The van der Waals surface area contributed by atoms with E-state index in [-0.39, 0.29) is 18.3 Å². The second kappa shape index (κ2) is 12.1. The zero-order valence-electron chi connectivity index (χ0n) is 21.1. The van der Waals surface area contributed by atoms with Gasteiger partial charge in [-0.05, 0) is 38.0 Å². The summed E-state index contributed by atoms with van der Waals surface area (Å²) in [5, 5.41) is 14.3. The lowest BCUT2D eigenvalue weighted by atomic mass is 10.0. The van der Waals surface area contributed by atoms with E-state index in [2.05, 4.69) is 15.5 Å². The van der Waals surface area contributed by atoms with Crippen molar-refractivity contribution in [2.75, 3.05) is 18.2 Å². The van der Waals surface area contributed by atoms with Gasteiger partial charge in [-0.15, -0.1) is 21.5 Å². The van der Waals surface area contributed by atoms with Crippen molar-refractivity contribution in [1.29, 1.82) is 0 Å². The molecule has 0 saturated heterocycles. The van der Waals surface area contributed by atoms with Gasteiger partial charge in [0.1, 0.15) is 22.9 Å². The minimum absolute atomic E-state index is 0.106. The van der Waals surface area contributed by atoms with Gasteiger partial charge in [-0.3, -0.25) is 4.79 Å². The molecule has 8 nitrogen and oxygen atoms in total. The van der Waals surface area contributed by atoms with E-state index in [1.54, 1.807) is 0 Å². The minimum atomic E-state index is -0.496. The molecule has 1 N–H and O–H groups in total. The zero-order valence-corrected chi connectivity index (χ0v) is 22.7. The maximum absolute atomic E-state index is 12.8. The number of nitrogens with one attached hydrogen (secondary N) is 1. The Morgan fingerprint density at radius 1 is 1.08 bits per heavy atom. The van der Waals surface area contributed by atoms with Gasteiger partial charge in [0, 0.05) is 17.5 Å². The highest BCUT2D eigenvalue weighted by Gasteiger charge is 2.23. The van der Waals surface area contributed by atoms with Crippen molar-refractivity contribution in [3.8, 4) is 16.9 Å². The highest BCUT2D eigenvalue weighted by molar-refractivity contribution is 7.99. The summed E-state index contributed by atoms with van der Waals surface area (Å²) in [5.74, 6) is 0.834. The summed E-state index contributed by atoms with van der Waals surface area (Å²) in [6.07, 6.45) is 0. The van der Waals surface area contributed by atoms with Crippen LogP contribution < -0.4 is 10.1 Å². The molecule has 4 rings (SSSR count). The number of carbonyl (C=O) groups excluding carboxylic acids is 2. The molecule has 0 fully saturated rings. The Morgan fingerprint density at radius 2 is 1.84 bits per heavy atom. The Bertz CT molecular complexity index is 1400. The summed E-state index contributed by atoms with van der Waals surface area (Å²) in [6, 6.07) is 15.6. The lowest BCUT2D eigenvalue weighted by molar-refractivity contribution is -0.113. The number of thioether (sulfide) groups is 1. The van der Waals surface area contributed by atoms with Gasteiger partial charge in [-0.1, -0.05) is 59.8 Å². The number of anilines is 1. The van der Waals surface area contributed by atoms with Crippen LogP contribution in [0.5, 0.6) is 5.75 Å². The number of rotatable bonds is 10. The van der Waals surface area contributed by atoms with E-state index in [1.165, 1.54) is 30.2 Å². The number of amides is 1. The quantitative estimate of drug-likeness (QED) is 0.204. The number of aryl methyl sites for hydroxylation is 2. The molecule has 0 aliphatic carbocycles. The molecule has 0 aliphatic heterocycles. The fraction of sp³-hybridized carbons (Fsp3) is 0.259. The van der Waals surface area contributed by atoms with Crippen LogP contribution in [0.3, 0.4) is 0 Å². The van der Waals surface area contributed by atoms with E-state index < -0.39 is 5.97 Å². The molecule has 4 aromatic rings. The largest absolute Gasteiger partial charge is 0.485 e. The number of thiophene rings is 1. The van der Waals surface area contributed by atoms with E-state index >= 15 is 0 Å². The van der Waals surface area contributed by atoms with Gasteiger partial charge < -0.3 is 19.4 Å². The van der Waals surface area contributed by atoms with Crippen LogP contribution in [-0.2, 0) is 22.7 Å². The van der Waals surface area contributed by atoms with Crippen molar-refractivity contribution in [3.63, 3.8) is 0 Å². The monoisotopic (exact) mass is 536 g/mol. The van der Waals surface area contributed by atoms with Gasteiger partial charge in [0.25, 0.3) is 0 Å². The molecular weight excluding hydrogens is 508 g/mol. The molecule has 0 unspecified atom stereocenters. The van der Waals surface area contributed by atoms with Crippen molar-refractivity contribution in [2.45, 2.75) is 39.1 Å². The number of methoxy groups -OCH3 is 1. The number of aromatic nitrogens is 3. The van der Waals surface area contributed by atoms with Crippen LogP contribution in [0.15, 0.2) is 59.1 Å². The van der Waals surface area contributed by atoms with Crippen molar-refractivity contribution in [3.05, 3.63) is 76.4 Å². The summed E-state index contributed by atoms with van der Waals surface area (Å²) in [6.45, 7) is 6.90.